The van der Waals surface area contributed by atoms with Gasteiger partial charge in [0.25, 0.3) is 0 Å². The minimum absolute atomic E-state index is 0.0673. The van der Waals surface area contributed by atoms with Crippen molar-refractivity contribution >= 4 is 17.6 Å². The molecule has 0 aliphatic rings. The summed E-state index contributed by atoms with van der Waals surface area (Å²) in [5.74, 6) is 0.770. The fourth-order valence-corrected chi connectivity index (χ4v) is 1.90. The number of nitrogens with zero attached hydrogens (tertiary/aromatic N) is 2. The molecular weight excluding hydrogens is 303 g/mol. The van der Waals surface area contributed by atoms with Crippen LogP contribution in [0, 0.1) is 0 Å². The molecule has 1 aromatic carbocycles. The van der Waals surface area contributed by atoms with Crippen LogP contribution in [0.2, 0.25) is 0 Å². The van der Waals surface area contributed by atoms with E-state index < -0.39 is 11.7 Å². The van der Waals surface area contributed by atoms with Gasteiger partial charge < -0.3 is 10.1 Å². The fourth-order valence-electron chi connectivity index (χ4n) is 1.53. The molecule has 0 saturated carbocycles. The van der Waals surface area contributed by atoms with E-state index in [1.807, 2.05) is 0 Å². The van der Waals surface area contributed by atoms with Gasteiger partial charge in [0.2, 0.25) is 5.88 Å². The number of halogens is 3. The van der Waals surface area contributed by atoms with Gasteiger partial charge in [-0.15, -0.1) is 0 Å². The molecule has 8 heteroatoms. The van der Waals surface area contributed by atoms with E-state index in [4.69, 9.17) is 4.74 Å². The Labute approximate surface area is 123 Å². The van der Waals surface area contributed by atoms with E-state index in [-0.39, 0.29) is 11.6 Å². The lowest BCUT2D eigenvalue weighted by Crippen LogP contribution is -2.04. The van der Waals surface area contributed by atoms with E-state index in [0.717, 1.165) is 12.1 Å². The maximum absolute atomic E-state index is 12.6. The van der Waals surface area contributed by atoms with Crippen LogP contribution in [0.5, 0.6) is 11.6 Å². The topological polar surface area (TPSA) is 47.0 Å². The first-order chi connectivity index (χ1) is 9.92. The predicted molar refractivity (Wildman–Crippen MR) is 74.9 cm³/mol. The molecule has 2 rings (SSSR count). The Balaban J connectivity index is 2.30. The Kier molecular flexibility index (Phi) is 4.56. The summed E-state index contributed by atoms with van der Waals surface area (Å²) in [7, 11) is 1.68. The van der Waals surface area contributed by atoms with Crippen LogP contribution in [0.4, 0.5) is 19.0 Å². The molecule has 0 bridgehead atoms. The number of nitrogens with one attached hydrogen (secondary N) is 1. The first kappa shape index (κ1) is 15.4. The van der Waals surface area contributed by atoms with E-state index in [2.05, 4.69) is 15.3 Å². The molecule has 0 atom stereocenters. The molecule has 0 aliphatic heterocycles. The van der Waals surface area contributed by atoms with Gasteiger partial charge >= 0.3 is 6.18 Å². The van der Waals surface area contributed by atoms with Crippen LogP contribution >= 0.6 is 11.8 Å². The number of rotatable bonds is 4. The Hall–Kier alpha value is -1.96. The largest absolute Gasteiger partial charge is 0.439 e. The number of thioether (sulfide) groups is 1. The second kappa shape index (κ2) is 6.21. The van der Waals surface area contributed by atoms with Crippen LogP contribution in [-0.4, -0.2) is 23.3 Å². The van der Waals surface area contributed by atoms with Gasteiger partial charge in [-0.05, 0) is 24.5 Å². The van der Waals surface area contributed by atoms with E-state index >= 15 is 0 Å². The number of benzene rings is 1. The summed E-state index contributed by atoms with van der Waals surface area (Å²) in [5.41, 5.74) is -0.770. The highest BCUT2D eigenvalue weighted by molar-refractivity contribution is 7.98. The molecule has 21 heavy (non-hydrogen) atoms. The summed E-state index contributed by atoms with van der Waals surface area (Å²) < 4.78 is 43.3. The van der Waals surface area contributed by atoms with E-state index in [1.54, 1.807) is 13.3 Å². The number of hydrogen-bond acceptors (Lipinski definition) is 5. The standard InChI is InChI=1S/C13H12F3N3OS/c1-17-10-7-11(19-12(18-10)21-2)20-9-5-3-4-8(6-9)13(14,15)16/h3-7H,1-2H3,(H,17,18,19). The number of ether oxygens (including phenoxy) is 1. The van der Waals surface area contributed by atoms with Crippen LogP contribution < -0.4 is 10.1 Å². The molecular formula is C13H12F3N3OS. The van der Waals surface area contributed by atoms with Crippen molar-refractivity contribution < 1.29 is 17.9 Å². The quantitative estimate of drug-likeness (QED) is 0.681. The van der Waals surface area contributed by atoms with E-state index in [1.165, 1.54) is 30.0 Å². The summed E-state index contributed by atoms with van der Waals surface area (Å²) in [4.78, 5) is 8.24. The van der Waals surface area contributed by atoms with Gasteiger partial charge in [0.1, 0.15) is 11.6 Å². The monoisotopic (exact) mass is 315 g/mol. The van der Waals surface area contributed by atoms with E-state index in [9.17, 15) is 13.2 Å². The highest BCUT2D eigenvalue weighted by atomic mass is 32.2. The highest BCUT2D eigenvalue weighted by Crippen LogP contribution is 2.32. The molecule has 0 unspecified atom stereocenters. The lowest BCUT2D eigenvalue weighted by molar-refractivity contribution is -0.137. The minimum Gasteiger partial charge on any atom is -0.439 e. The molecule has 4 nitrogen and oxygen atoms in total. The molecule has 0 fully saturated rings. The molecule has 0 amide bonds. The zero-order chi connectivity index (χ0) is 15.5. The van der Waals surface area contributed by atoms with E-state index in [0.29, 0.717) is 11.0 Å². The third kappa shape index (κ3) is 4.01. The maximum Gasteiger partial charge on any atom is 0.416 e. The van der Waals surface area contributed by atoms with Crippen LogP contribution in [0.25, 0.3) is 0 Å². The average molecular weight is 315 g/mol. The van der Waals surface area contributed by atoms with Crippen LogP contribution in [0.15, 0.2) is 35.5 Å². The molecule has 0 radical (unpaired) electrons. The van der Waals surface area contributed by atoms with Gasteiger partial charge in [-0.25, -0.2) is 4.98 Å². The number of aromatic nitrogens is 2. The zero-order valence-corrected chi connectivity index (χ0v) is 12.0. The molecule has 2 aromatic rings. The van der Waals surface area contributed by atoms with Crippen molar-refractivity contribution in [2.45, 2.75) is 11.3 Å². The van der Waals surface area contributed by atoms with Gasteiger partial charge in [-0.1, -0.05) is 17.8 Å². The lowest BCUT2D eigenvalue weighted by atomic mass is 10.2. The smallest absolute Gasteiger partial charge is 0.416 e. The average Bonchev–Trinajstić information content (AvgIpc) is 2.46. The van der Waals surface area contributed by atoms with Crippen LogP contribution in [-0.2, 0) is 6.18 Å². The minimum atomic E-state index is -4.41. The van der Waals surface area contributed by atoms with Gasteiger partial charge in [-0.2, -0.15) is 18.2 Å². The van der Waals surface area contributed by atoms with Crippen molar-refractivity contribution in [1.29, 1.82) is 0 Å². The first-order valence-electron chi connectivity index (χ1n) is 5.88. The number of hydrogen-bond donors (Lipinski definition) is 1. The summed E-state index contributed by atoms with van der Waals surface area (Å²) in [6.07, 6.45) is -2.62. The predicted octanol–water partition coefficient (Wildman–Crippen LogP) is 4.05. The van der Waals surface area contributed by atoms with Gasteiger partial charge in [0.15, 0.2) is 5.16 Å². The lowest BCUT2D eigenvalue weighted by Gasteiger charge is -2.10. The van der Waals surface area contributed by atoms with Crippen molar-refractivity contribution in [2.75, 3.05) is 18.6 Å². The van der Waals surface area contributed by atoms with Crippen LogP contribution in [0.1, 0.15) is 5.56 Å². The number of alkyl halides is 3. The summed E-state index contributed by atoms with van der Waals surface area (Å²) >= 11 is 1.31. The summed E-state index contributed by atoms with van der Waals surface area (Å²) in [5, 5.41) is 3.30. The second-order valence-electron chi connectivity index (χ2n) is 3.96. The Bertz CT molecular complexity index is 612. The third-order valence-electron chi connectivity index (χ3n) is 2.50. The van der Waals surface area contributed by atoms with Gasteiger partial charge in [0.05, 0.1) is 5.56 Å². The first-order valence-corrected chi connectivity index (χ1v) is 7.11. The molecule has 0 spiro atoms. The maximum atomic E-state index is 12.6. The molecule has 112 valence electrons. The molecule has 0 aliphatic carbocycles. The SMILES string of the molecule is CNc1cc(Oc2cccc(C(F)(F)F)c2)nc(SC)n1. The van der Waals surface area contributed by atoms with Crippen molar-refractivity contribution in [2.24, 2.45) is 0 Å². The van der Waals surface area contributed by atoms with Crippen molar-refractivity contribution in [3.63, 3.8) is 0 Å². The summed E-state index contributed by atoms with van der Waals surface area (Å²) in [6.45, 7) is 0. The van der Waals surface area contributed by atoms with Gasteiger partial charge in [-0.3, -0.25) is 0 Å². The normalized spacial score (nSPS) is 11.3. The number of anilines is 1. The highest BCUT2D eigenvalue weighted by Gasteiger charge is 2.30. The Morgan fingerprint density at radius 3 is 2.57 bits per heavy atom. The molecule has 1 heterocycles. The third-order valence-corrected chi connectivity index (χ3v) is 3.05. The molecule has 1 N–H and O–H groups in total. The second-order valence-corrected chi connectivity index (χ2v) is 4.73. The van der Waals surface area contributed by atoms with Crippen LogP contribution in [0.3, 0.4) is 0 Å². The summed E-state index contributed by atoms with van der Waals surface area (Å²) in [6, 6.07) is 6.15. The van der Waals surface area contributed by atoms with Crippen molar-refractivity contribution in [3.8, 4) is 11.6 Å². The van der Waals surface area contributed by atoms with Crippen molar-refractivity contribution in [3.05, 3.63) is 35.9 Å². The fraction of sp³-hybridized carbons (Fsp3) is 0.231. The molecule has 0 saturated heterocycles. The Morgan fingerprint density at radius 1 is 1.19 bits per heavy atom. The zero-order valence-electron chi connectivity index (χ0n) is 11.2. The molecule has 1 aromatic heterocycles. The van der Waals surface area contributed by atoms with Gasteiger partial charge in [0, 0.05) is 13.1 Å². The Morgan fingerprint density at radius 2 is 1.95 bits per heavy atom. The van der Waals surface area contributed by atoms with Crippen molar-refractivity contribution in [1.82, 2.24) is 9.97 Å².